The Morgan fingerprint density at radius 3 is 2.19 bits per heavy atom. The molecular formula is C24H33N3O5. The zero-order valence-corrected chi connectivity index (χ0v) is 19.4. The third-order valence-corrected chi connectivity index (χ3v) is 6.91. The number of benzene rings is 1. The smallest absolute Gasteiger partial charge is 0.350 e. The first kappa shape index (κ1) is 22.5. The molecule has 3 saturated heterocycles. The average molecular weight is 444 g/mol. The highest BCUT2D eigenvalue weighted by Gasteiger charge is 2.39. The summed E-state index contributed by atoms with van der Waals surface area (Å²) in [5, 5.41) is 2.99. The first-order chi connectivity index (χ1) is 15.2. The minimum Gasteiger partial charge on any atom is -0.494 e. The van der Waals surface area contributed by atoms with Crippen LogP contribution in [0.4, 0.5) is 11.4 Å². The zero-order valence-electron chi connectivity index (χ0n) is 19.4. The maximum atomic E-state index is 12.1. The summed E-state index contributed by atoms with van der Waals surface area (Å²) < 4.78 is 15.8. The maximum Gasteiger partial charge on any atom is 0.350 e. The number of anilines is 2. The number of piperidine rings is 2. The molecule has 3 fully saturated rings. The summed E-state index contributed by atoms with van der Waals surface area (Å²) in [6, 6.07) is 5.93. The van der Waals surface area contributed by atoms with E-state index in [4.69, 9.17) is 14.2 Å². The number of hydrogen-bond donors (Lipinski definition) is 1. The Balaban J connectivity index is 1.42. The number of nitrogens with zero attached hydrogens (tertiary/aromatic N) is 2. The van der Waals surface area contributed by atoms with Crippen LogP contribution in [0, 0.1) is 5.41 Å². The fourth-order valence-corrected chi connectivity index (χ4v) is 4.76. The van der Waals surface area contributed by atoms with E-state index in [2.05, 4.69) is 22.2 Å². The van der Waals surface area contributed by atoms with Crippen molar-refractivity contribution in [2.75, 3.05) is 50.6 Å². The Bertz CT molecular complexity index is 886. The van der Waals surface area contributed by atoms with Gasteiger partial charge in [-0.25, -0.2) is 9.59 Å². The largest absolute Gasteiger partial charge is 0.494 e. The number of esters is 2. The highest BCUT2D eigenvalue weighted by molar-refractivity contribution is 6.15. The Kier molecular flexibility index (Phi) is 6.07. The fourth-order valence-electron chi connectivity index (χ4n) is 4.76. The molecule has 0 atom stereocenters. The second-order valence-electron chi connectivity index (χ2n) is 9.56. The average Bonchev–Trinajstić information content (AvgIpc) is 2.75. The minimum atomic E-state index is -1.26. The van der Waals surface area contributed by atoms with Gasteiger partial charge in [-0.2, -0.15) is 0 Å². The van der Waals surface area contributed by atoms with Crippen molar-refractivity contribution in [2.45, 2.75) is 45.3 Å². The number of cyclic esters (lactones) is 2. The van der Waals surface area contributed by atoms with E-state index in [1.807, 2.05) is 18.2 Å². The van der Waals surface area contributed by atoms with Gasteiger partial charge in [0, 0.05) is 44.9 Å². The molecule has 3 heterocycles. The molecule has 0 amide bonds. The molecule has 0 radical (unpaired) electrons. The van der Waals surface area contributed by atoms with Gasteiger partial charge in [0.2, 0.25) is 0 Å². The molecule has 1 spiro atoms. The van der Waals surface area contributed by atoms with E-state index >= 15 is 0 Å². The molecule has 8 heteroatoms. The standard InChI is InChI=1S/C24H33N3O5/c1-23(2)31-21(28)18(22(29)32-23)16-25-19-6-5-17(15-20(19)30-4)27-13-9-24(10-14-27)7-11-26(3)12-8-24/h5-6,15-16,25H,7-14H2,1-4H3. The second-order valence-corrected chi connectivity index (χ2v) is 9.56. The molecule has 0 saturated carbocycles. The van der Waals surface area contributed by atoms with E-state index in [1.165, 1.54) is 58.8 Å². The topological polar surface area (TPSA) is 80.3 Å². The van der Waals surface area contributed by atoms with Crippen LogP contribution < -0.4 is 15.0 Å². The number of likely N-dealkylation sites (tertiary alicyclic amines) is 1. The Morgan fingerprint density at radius 2 is 1.59 bits per heavy atom. The lowest BCUT2D eigenvalue weighted by Crippen LogP contribution is -2.46. The maximum absolute atomic E-state index is 12.1. The van der Waals surface area contributed by atoms with Crippen LogP contribution in [0.3, 0.4) is 0 Å². The van der Waals surface area contributed by atoms with Crippen molar-refractivity contribution in [3.05, 3.63) is 30.0 Å². The van der Waals surface area contributed by atoms with Gasteiger partial charge >= 0.3 is 11.9 Å². The van der Waals surface area contributed by atoms with Crippen molar-refractivity contribution in [2.24, 2.45) is 5.41 Å². The SMILES string of the molecule is COc1cc(N2CCC3(CCN(C)CC3)CC2)ccc1NC=C1C(=O)OC(C)(C)OC1=O. The molecule has 4 rings (SSSR count). The first-order valence-electron chi connectivity index (χ1n) is 11.3. The molecule has 0 aliphatic carbocycles. The molecule has 0 bridgehead atoms. The molecule has 0 unspecified atom stereocenters. The third-order valence-electron chi connectivity index (χ3n) is 6.91. The van der Waals surface area contributed by atoms with Crippen LogP contribution in [-0.4, -0.2) is 63.0 Å². The quantitative estimate of drug-likeness (QED) is 0.432. The van der Waals surface area contributed by atoms with Gasteiger partial charge in [-0.05, 0) is 63.4 Å². The fraction of sp³-hybridized carbons (Fsp3) is 0.583. The predicted molar refractivity (Wildman–Crippen MR) is 122 cm³/mol. The molecule has 1 aromatic carbocycles. The molecule has 0 aromatic heterocycles. The lowest BCUT2D eigenvalue weighted by molar-refractivity contribution is -0.222. The van der Waals surface area contributed by atoms with Crippen molar-refractivity contribution in [3.63, 3.8) is 0 Å². The summed E-state index contributed by atoms with van der Waals surface area (Å²) in [7, 11) is 3.81. The number of rotatable bonds is 4. The van der Waals surface area contributed by atoms with Crippen LogP contribution in [0.5, 0.6) is 5.75 Å². The van der Waals surface area contributed by atoms with Gasteiger partial charge in [-0.15, -0.1) is 0 Å². The molecule has 3 aliphatic rings. The molecular weight excluding hydrogens is 410 g/mol. The Hall–Kier alpha value is -2.74. The highest BCUT2D eigenvalue weighted by atomic mass is 16.7. The van der Waals surface area contributed by atoms with Gasteiger partial charge in [0.05, 0.1) is 12.8 Å². The number of methoxy groups -OCH3 is 1. The lowest BCUT2D eigenvalue weighted by Gasteiger charge is -2.47. The van der Waals surface area contributed by atoms with Crippen LogP contribution >= 0.6 is 0 Å². The van der Waals surface area contributed by atoms with Gasteiger partial charge < -0.3 is 29.3 Å². The van der Waals surface area contributed by atoms with E-state index in [-0.39, 0.29) is 5.57 Å². The van der Waals surface area contributed by atoms with Gasteiger partial charge in [-0.3, -0.25) is 0 Å². The summed E-state index contributed by atoms with van der Waals surface area (Å²) in [6.45, 7) is 7.51. The molecule has 8 nitrogen and oxygen atoms in total. The normalized spacial score (nSPS) is 22.9. The Labute approximate surface area is 189 Å². The van der Waals surface area contributed by atoms with Gasteiger partial charge in [0.25, 0.3) is 5.79 Å². The highest BCUT2D eigenvalue weighted by Crippen LogP contribution is 2.42. The van der Waals surface area contributed by atoms with Crippen molar-refractivity contribution in [3.8, 4) is 5.75 Å². The summed E-state index contributed by atoms with van der Waals surface area (Å²) >= 11 is 0. The summed E-state index contributed by atoms with van der Waals surface area (Å²) in [5.41, 5.74) is 2.08. The van der Waals surface area contributed by atoms with Crippen molar-refractivity contribution in [1.29, 1.82) is 0 Å². The number of carbonyl (C=O) groups is 2. The van der Waals surface area contributed by atoms with E-state index in [0.29, 0.717) is 16.9 Å². The van der Waals surface area contributed by atoms with E-state index in [9.17, 15) is 9.59 Å². The predicted octanol–water partition coefficient (Wildman–Crippen LogP) is 3.14. The van der Waals surface area contributed by atoms with Crippen LogP contribution in [0.1, 0.15) is 39.5 Å². The zero-order chi connectivity index (χ0) is 22.9. The van der Waals surface area contributed by atoms with Crippen LogP contribution in [0.15, 0.2) is 30.0 Å². The Morgan fingerprint density at radius 1 is 1.00 bits per heavy atom. The van der Waals surface area contributed by atoms with Crippen LogP contribution in [0.25, 0.3) is 0 Å². The number of ether oxygens (including phenoxy) is 3. The molecule has 174 valence electrons. The summed E-state index contributed by atoms with van der Waals surface area (Å²) in [6.07, 6.45) is 6.33. The second kappa shape index (κ2) is 8.65. The third kappa shape index (κ3) is 4.70. The van der Waals surface area contributed by atoms with Crippen LogP contribution in [0.2, 0.25) is 0 Å². The van der Waals surface area contributed by atoms with Gasteiger partial charge in [0.15, 0.2) is 5.57 Å². The van der Waals surface area contributed by atoms with E-state index < -0.39 is 17.7 Å². The van der Waals surface area contributed by atoms with Crippen molar-refractivity contribution < 1.29 is 23.8 Å². The summed E-state index contributed by atoms with van der Waals surface area (Å²) in [4.78, 5) is 29.1. The number of hydrogen-bond acceptors (Lipinski definition) is 8. The minimum absolute atomic E-state index is 0.185. The molecule has 32 heavy (non-hydrogen) atoms. The van der Waals surface area contributed by atoms with Gasteiger partial charge in [0.1, 0.15) is 5.75 Å². The van der Waals surface area contributed by atoms with E-state index in [0.717, 1.165) is 18.8 Å². The van der Waals surface area contributed by atoms with Gasteiger partial charge in [-0.1, -0.05) is 0 Å². The monoisotopic (exact) mass is 443 g/mol. The number of nitrogens with one attached hydrogen (secondary N) is 1. The molecule has 1 N–H and O–H groups in total. The summed E-state index contributed by atoms with van der Waals surface area (Å²) in [5.74, 6) is -2.06. The lowest BCUT2D eigenvalue weighted by atomic mass is 9.71. The molecule has 1 aromatic rings. The van der Waals surface area contributed by atoms with E-state index in [1.54, 1.807) is 7.11 Å². The number of carbonyl (C=O) groups excluding carboxylic acids is 2. The van der Waals surface area contributed by atoms with Crippen LogP contribution in [-0.2, 0) is 19.1 Å². The van der Waals surface area contributed by atoms with Crippen molar-refractivity contribution >= 4 is 23.3 Å². The van der Waals surface area contributed by atoms with Crippen molar-refractivity contribution in [1.82, 2.24) is 4.90 Å². The first-order valence-corrected chi connectivity index (χ1v) is 11.3. The molecule has 3 aliphatic heterocycles.